The molecule has 24 heavy (non-hydrogen) atoms. The molecule has 3 aromatic rings. The van der Waals surface area contributed by atoms with E-state index in [1.165, 1.54) is 6.07 Å². The van der Waals surface area contributed by atoms with Crippen LogP contribution in [0.4, 0.5) is 0 Å². The van der Waals surface area contributed by atoms with Gasteiger partial charge in [-0.2, -0.15) is 0 Å². The number of sulfonamides is 1. The molecule has 0 spiro atoms. The van der Waals surface area contributed by atoms with Gasteiger partial charge in [-0.3, -0.25) is 4.98 Å². The lowest BCUT2D eigenvalue weighted by molar-refractivity contribution is 0.580. The lowest BCUT2D eigenvalue weighted by atomic mass is 10.2. The van der Waals surface area contributed by atoms with Gasteiger partial charge in [-0.05, 0) is 47.7 Å². The van der Waals surface area contributed by atoms with Crippen molar-refractivity contribution in [3.63, 3.8) is 0 Å². The summed E-state index contributed by atoms with van der Waals surface area (Å²) in [6.07, 6.45) is 3.43. The second kappa shape index (κ2) is 7.03. The molecule has 0 saturated carbocycles. The van der Waals surface area contributed by atoms with Crippen molar-refractivity contribution in [2.75, 3.05) is 0 Å². The third-order valence-electron chi connectivity index (χ3n) is 3.51. The Morgan fingerprint density at radius 2 is 2.04 bits per heavy atom. The van der Waals surface area contributed by atoms with Gasteiger partial charge in [0.05, 0.1) is 4.90 Å². The highest BCUT2D eigenvalue weighted by Gasteiger charge is 2.17. The first-order valence-electron chi connectivity index (χ1n) is 7.19. The number of aromatic nitrogens is 1. The van der Waals surface area contributed by atoms with E-state index in [4.69, 9.17) is 11.6 Å². The van der Waals surface area contributed by atoms with Gasteiger partial charge in [-0.15, -0.1) is 11.3 Å². The fourth-order valence-corrected chi connectivity index (χ4v) is 4.51. The molecule has 0 amide bonds. The normalized spacial score (nSPS) is 11.6. The zero-order valence-electron chi connectivity index (χ0n) is 12.9. The highest BCUT2D eigenvalue weighted by atomic mass is 35.5. The molecule has 0 atom stereocenters. The molecule has 1 N–H and O–H groups in total. The van der Waals surface area contributed by atoms with E-state index in [-0.39, 0.29) is 11.4 Å². The van der Waals surface area contributed by atoms with Gasteiger partial charge in [0, 0.05) is 34.4 Å². The fourth-order valence-electron chi connectivity index (χ4n) is 2.28. The van der Waals surface area contributed by atoms with Gasteiger partial charge < -0.3 is 0 Å². The summed E-state index contributed by atoms with van der Waals surface area (Å²) < 4.78 is 27.6. The van der Waals surface area contributed by atoms with E-state index in [0.717, 1.165) is 16.0 Å². The van der Waals surface area contributed by atoms with Crippen LogP contribution in [0.2, 0.25) is 5.02 Å². The maximum Gasteiger partial charge on any atom is 0.241 e. The second-order valence-corrected chi connectivity index (χ2v) is 8.41. The van der Waals surface area contributed by atoms with Crippen LogP contribution >= 0.6 is 22.9 Å². The van der Waals surface area contributed by atoms with Crippen molar-refractivity contribution in [2.45, 2.75) is 18.4 Å². The standard InChI is InChI=1S/C17H15ClN2O2S2/c1-12-4-5-15(18)8-17(12)24(21,22)20-10-13-7-14(11-19-9-13)16-3-2-6-23-16/h2-9,11,20H,10H2,1H3. The van der Waals surface area contributed by atoms with E-state index in [1.807, 2.05) is 23.6 Å². The van der Waals surface area contributed by atoms with Crippen LogP contribution < -0.4 is 4.72 Å². The minimum atomic E-state index is -3.64. The Morgan fingerprint density at radius 1 is 1.21 bits per heavy atom. The molecule has 0 aliphatic carbocycles. The smallest absolute Gasteiger partial charge is 0.241 e. The number of benzene rings is 1. The number of hydrogen-bond acceptors (Lipinski definition) is 4. The first-order valence-corrected chi connectivity index (χ1v) is 9.93. The monoisotopic (exact) mass is 378 g/mol. The Bertz CT molecular complexity index is 954. The summed E-state index contributed by atoms with van der Waals surface area (Å²) in [7, 11) is -3.64. The highest BCUT2D eigenvalue weighted by molar-refractivity contribution is 7.89. The van der Waals surface area contributed by atoms with Crippen molar-refractivity contribution >= 4 is 33.0 Å². The summed E-state index contributed by atoms with van der Waals surface area (Å²) in [5.41, 5.74) is 2.42. The molecule has 4 nitrogen and oxygen atoms in total. The summed E-state index contributed by atoms with van der Waals surface area (Å²) in [4.78, 5) is 5.48. The molecule has 0 fully saturated rings. The third kappa shape index (κ3) is 3.84. The van der Waals surface area contributed by atoms with Crippen molar-refractivity contribution in [1.82, 2.24) is 9.71 Å². The van der Waals surface area contributed by atoms with Gasteiger partial charge >= 0.3 is 0 Å². The van der Waals surface area contributed by atoms with Gasteiger partial charge in [0.2, 0.25) is 10.0 Å². The van der Waals surface area contributed by atoms with E-state index in [2.05, 4.69) is 9.71 Å². The fraction of sp³-hybridized carbons (Fsp3) is 0.118. The van der Waals surface area contributed by atoms with Crippen LogP contribution in [-0.4, -0.2) is 13.4 Å². The quantitative estimate of drug-likeness (QED) is 0.722. The Labute approximate surface area is 150 Å². The Balaban J connectivity index is 1.80. The van der Waals surface area contributed by atoms with Crippen LogP contribution in [0.1, 0.15) is 11.1 Å². The van der Waals surface area contributed by atoms with Crippen LogP contribution in [-0.2, 0) is 16.6 Å². The van der Waals surface area contributed by atoms with Crippen LogP contribution in [0.3, 0.4) is 0 Å². The molecule has 0 saturated heterocycles. The molecule has 2 aromatic heterocycles. The number of hydrogen-bond donors (Lipinski definition) is 1. The predicted octanol–water partition coefficient (Wildman–Crippen LogP) is 4.25. The van der Waals surface area contributed by atoms with E-state index in [9.17, 15) is 8.42 Å². The molecule has 7 heteroatoms. The van der Waals surface area contributed by atoms with E-state index in [0.29, 0.717) is 10.6 Å². The average molecular weight is 379 g/mol. The van der Waals surface area contributed by atoms with Gasteiger partial charge in [0.15, 0.2) is 0 Å². The van der Waals surface area contributed by atoms with Crippen molar-refractivity contribution in [3.05, 3.63) is 70.3 Å². The highest BCUT2D eigenvalue weighted by Crippen LogP contribution is 2.25. The van der Waals surface area contributed by atoms with Crippen molar-refractivity contribution in [1.29, 1.82) is 0 Å². The van der Waals surface area contributed by atoms with Gasteiger partial charge in [0.25, 0.3) is 0 Å². The van der Waals surface area contributed by atoms with Crippen LogP contribution in [0.15, 0.2) is 59.1 Å². The zero-order valence-corrected chi connectivity index (χ0v) is 15.3. The lowest BCUT2D eigenvalue weighted by Gasteiger charge is -2.10. The SMILES string of the molecule is Cc1ccc(Cl)cc1S(=O)(=O)NCc1cncc(-c2cccs2)c1. The molecule has 0 unspecified atom stereocenters. The van der Waals surface area contributed by atoms with Crippen molar-refractivity contribution in [2.24, 2.45) is 0 Å². The van der Waals surface area contributed by atoms with Gasteiger partial charge in [0.1, 0.15) is 0 Å². The number of rotatable bonds is 5. The largest absolute Gasteiger partial charge is 0.264 e. The molecular weight excluding hydrogens is 364 g/mol. The van der Waals surface area contributed by atoms with Crippen LogP contribution in [0.5, 0.6) is 0 Å². The molecule has 0 bridgehead atoms. The number of aryl methyl sites for hydroxylation is 1. The Kier molecular flexibility index (Phi) is 5.01. The number of halogens is 1. The van der Waals surface area contributed by atoms with E-state index in [1.54, 1.807) is 42.8 Å². The molecule has 1 aromatic carbocycles. The summed E-state index contributed by atoms with van der Waals surface area (Å²) in [5.74, 6) is 0. The second-order valence-electron chi connectivity index (χ2n) is 5.29. The molecular formula is C17H15ClN2O2S2. The number of thiophene rings is 1. The molecule has 2 heterocycles. The molecule has 0 aliphatic rings. The number of nitrogens with one attached hydrogen (secondary N) is 1. The van der Waals surface area contributed by atoms with Gasteiger partial charge in [-0.25, -0.2) is 13.1 Å². The molecule has 3 rings (SSSR count). The maximum atomic E-state index is 12.5. The van der Waals surface area contributed by atoms with E-state index < -0.39 is 10.0 Å². The number of nitrogens with zero attached hydrogens (tertiary/aromatic N) is 1. The Morgan fingerprint density at radius 3 is 2.79 bits per heavy atom. The molecule has 124 valence electrons. The summed E-state index contributed by atoms with van der Waals surface area (Å²) in [6.45, 7) is 1.91. The first-order chi connectivity index (χ1) is 11.5. The summed E-state index contributed by atoms with van der Waals surface area (Å²) >= 11 is 7.53. The zero-order chi connectivity index (χ0) is 17.2. The van der Waals surface area contributed by atoms with Crippen LogP contribution in [0.25, 0.3) is 10.4 Å². The minimum absolute atomic E-state index is 0.167. The van der Waals surface area contributed by atoms with Crippen LogP contribution in [0, 0.1) is 6.92 Å². The summed E-state index contributed by atoms with van der Waals surface area (Å²) in [6, 6.07) is 10.7. The lowest BCUT2D eigenvalue weighted by Crippen LogP contribution is -2.24. The van der Waals surface area contributed by atoms with E-state index >= 15 is 0 Å². The average Bonchev–Trinajstić information content (AvgIpc) is 3.10. The topological polar surface area (TPSA) is 59.1 Å². The van der Waals surface area contributed by atoms with Crippen molar-refractivity contribution in [3.8, 4) is 10.4 Å². The Hall–Kier alpha value is -1.73. The molecule has 0 aliphatic heterocycles. The molecule has 0 radical (unpaired) electrons. The predicted molar refractivity (Wildman–Crippen MR) is 97.8 cm³/mol. The third-order valence-corrected chi connectivity index (χ3v) is 6.20. The number of pyridine rings is 1. The minimum Gasteiger partial charge on any atom is -0.264 e. The summed E-state index contributed by atoms with van der Waals surface area (Å²) in [5, 5.41) is 2.38. The van der Waals surface area contributed by atoms with Gasteiger partial charge in [-0.1, -0.05) is 23.7 Å². The maximum absolute atomic E-state index is 12.5. The van der Waals surface area contributed by atoms with Crippen molar-refractivity contribution < 1.29 is 8.42 Å². The first kappa shape index (κ1) is 17.1.